The zero-order chi connectivity index (χ0) is 18.1. The number of hydrogen-bond acceptors (Lipinski definition) is 4. The Kier molecular flexibility index (Phi) is 4.89. The summed E-state index contributed by atoms with van der Waals surface area (Å²) in [4.78, 5) is 12.1. The van der Waals surface area contributed by atoms with Crippen molar-refractivity contribution in [3.63, 3.8) is 0 Å². The molecule has 134 valence electrons. The fourth-order valence-corrected chi connectivity index (χ4v) is 3.66. The number of esters is 1. The zero-order valence-corrected chi connectivity index (χ0v) is 15.6. The van der Waals surface area contributed by atoms with E-state index in [2.05, 4.69) is 19.1 Å². The van der Waals surface area contributed by atoms with Gasteiger partial charge in [0.15, 0.2) is 11.3 Å². The van der Waals surface area contributed by atoms with Crippen LogP contribution >= 0.6 is 0 Å². The molecule has 0 fully saturated rings. The van der Waals surface area contributed by atoms with E-state index in [0.29, 0.717) is 12.3 Å². The van der Waals surface area contributed by atoms with Crippen LogP contribution in [0.4, 0.5) is 0 Å². The van der Waals surface area contributed by atoms with E-state index in [1.807, 2.05) is 20.8 Å². The van der Waals surface area contributed by atoms with Gasteiger partial charge in [-0.25, -0.2) is 0 Å². The predicted molar refractivity (Wildman–Crippen MR) is 98.8 cm³/mol. The van der Waals surface area contributed by atoms with Gasteiger partial charge in [-0.15, -0.1) is 0 Å². The third kappa shape index (κ3) is 3.17. The van der Waals surface area contributed by atoms with E-state index in [1.54, 1.807) is 13.4 Å². The number of allylic oxidation sites excluding steroid dienone is 1. The molecule has 25 heavy (non-hydrogen) atoms. The first-order valence-electron chi connectivity index (χ1n) is 8.86. The van der Waals surface area contributed by atoms with Crippen molar-refractivity contribution in [2.45, 2.75) is 53.1 Å². The summed E-state index contributed by atoms with van der Waals surface area (Å²) < 4.78 is 17.1. The molecule has 3 rings (SSSR count). The number of furan rings is 1. The summed E-state index contributed by atoms with van der Waals surface area (Å²) in [5.74, 6) is 1.23. The molecule has 1 unspecified atom stereocenters. The van der Waals surface area contributed by atoms with Crippen LogP contribution in [0.25, 0.3) is 17.0 Å². The van der Waals surface area contributed by atoms with E-state index in [-0.39, 0.29) is 18.5 Å². The number of ether oxygens (including phenoxy) is 2. The molecule has 0 bridgehead atoms. The van der Waals surface area contributed by atoms with E-state index in [4.69, 9.17) is 13.9 Å². The molecule has 2 aromatic rings. The monoisotopic (exact) mass is 342 g/mol. The number of hydrogen-bond donors (Lipinski definition) is 0. The maximum absolute atomic E-state index is 12.1. The number of methoxy groups -OCH3 is 1. The van der Waals surface area contributed by atoms with Crippen molar-refractivity contribution in [2.75, 3.05) is 7.11 Å². The molecule has 0 aliphatic heterocycles. The van der Waals surface area contributed by atoms with Crippen molar-refractivity contribution in [3.8, 4) is 5.75 Å². The van der Waals surface area contributed by atoms with Crippen molar-refractivity contribution in [1.29, 1.82) is 0 Å². The number of carbonyl (C=O) groups excluding carboxylic acids is 1. The molecule has 1 aromatic carbocycles. The summed E-state index contributed by atoms with van der Waals surface area (Å²) >= 11 is 0. The predicted octanol–water partition coefficient (Wildman–Crippen LogP) is 5.36. The summed E-state index contributed by atoms with van der Waals surface area (Å²) in [7, 11) is 1.67. The minimum absolute atomic E-state index is 0.159. The second-order valence-corrected chi connectivity index (χ2v) is 7.26. The highest BCUT2D eigenvalue weighted by Gasteiger charge is 2.27. The van der Waals surface area contributed by atoms with Crippen LogP contribution in [0.2, 0.25) is 0 Å². The minimum Gasteiger partial charge on any atom is -0.492 e. The first kappa shape index (κ1) is 17.6. The van der Waals surface area contributed by atoms with Gasteiger partial charge >= 0.3 is 5.97 Å². The number of aryl methyl sites for hydroxylation is 1. The Hall–Kier alpha value is -2.23. The fourth-order valence-electron chi connectivity index (χ4n) is 3.66. The molecule has 0 saturated heterocycles. The van der Waals surface area contributed by atoms with E-state index >= 15 is 0 Å². The highest BCUT2D eigenvalue weighted by Crippen LogP contribution is 2.45. The van der Waals surface area contributed by atoms with Crippen LogP contribution in [0.5, 0.6) is 5.75 Å². The molecule has 1 aliphatic rings. The maximum Gasteiger partial charge on any atom is 0.306 e. The van der Waals surface area contributed by atoms with Crippen LogP contribution in [-0.4, -0.2) is 13.1 Å². The molecule has 1 heterocycles. The second-order valence-electron chi connectivity index (χ2n) is 7.26. The third-order valence-corrected chi connectivity index (χ3v) is 4.77. The summed E-state index contributed by atoms with van der Waals surface area (Å²) in [6.45, 7) is 8.51. The van der Waals surface area contributed by atoms with Crippen LogP contribution in [0, 0.1) is 12.8 Å². The molecule has 1 atom stereocenters. The lowest BCUT2D eigenvalue weighted by Gasteiger charge is -2.24. The smallest absolute Gasteiger partial charge is 0.306 e. The van der Waals surface area contributed by atoms with Crippen LogP contribution in [0.3, 0.4) is 0 Å². The lowest BCUT2D eigenvalue weighted by molar-refractivity contribution is -0.145. The average Bonchev–Trinajstić information content (AvgIpc) is 2.93. The van der Waals surface area contributed by atoms with E-state index < -0.39 is 0 Å². The van der Waals surface area contributed by atoms with Gasteiger partial charge in [-0.3, -0.25) is 4.79 Å². The van der Waals surface area contributed by atoms with Gasteiger partial charge in [0.05, 0.1) is 13.4 Å². The van der Waals surface area contributed by atoms with Crippen LogP contribution in [-0.2, 0) is 16.1 Å². The Bertz CT molecular complexity index is 826. The van der Waals surface area contributed by atoms with Gasteiger partial charge in [0.25, 0.3) is 0 Å². The van der Waals surface area contributed by atoms with Gasteiger partial charge < -0.3 is 13.9 Å². The Balaban J connectivity index is 2.13. The lowest BCUT2D eigenvalue weighted by atomic mass is 9.82. The minimum atomic E-state index is -0.159. The second kappa shape index (κ2) is 6.95. The standard InChI is InChI=1S/C21H26O4/c1-12(2)9-17(22)24-11-16-18-13(3)7-6-8-15(18)20(23-5)21-19(16)14(4)10-25-21/h6,8,10,12-13H,7,9,11H2,1-5H3. The van der Waals surface area contributed by atoms with Crippen molar-refractivity contribution in [1.82, 2.24) is 0 Å². The third-order valence-electron chi connectivity index (χ3n) is 4.77. The molecular formula is C21H26O4. The highest BCUT2D eigenvalue weighted by atomic mass is 16.5. The van der Waals surface area contributed by atoms with Gasteiger partial charge in [-0.2, -0.15) is 0 Å². The zero-order valence-electron chi connectivity index (χ0n) is 15.6. The highest BCUT2D eigenvalue weighted by molar-refractivity contribution is 5.95. The van der Waals surface area contributed by atoms with E-state index in [0.717, 1.165) is 39.8 Å². The van der Waals surface area contributed by atoms with Gasteiger partial charge in [-0.1, -0.05) is 32.9 Å². The number of benzene rings is 1. The molecule has 4 nitrogen and oxygen atoms in total. The Morgan fingerprint density at radius 2 is 2.16 bits per heavy atom. The van der Waals surface area contributed by atoms with E-state index in [1.165, 1.54) is 5.56 Å². The first-order valence-corrected chi connectivity index (χ1v) is 8.86. The van der Waals surface area contributed by atoms with Crippen molar-refractivity contribution >= 4 is 23.0 Å². The summed E-state index contributed by atoms with van der Waals surface area (Å²) in [6.07, 6.45) is 7.38. The average molecular weight is 342 g/mol. The largest absolute Gasteiger partial charge is 0.492 e. The fraction of sp³-hybridized carbons (Fsp3) is 0.476. The maximum atomic E-state index is 12.1. The Morgan fingerprint density at radius 1 is 1.40 bits per heavy atom. The quantitative estimate of drug-likeness (QED) is 0.686. The summed E-state index contributed by atoms with van der Waals surface area (Å²) in [5, 5.41) is 1.01. The van der Waals surface area contributed by atoms with Gasteiger partial charge in [-0.05, 0) is 36.3 Å². The SMILES string of the molecule is COc1c2c(c(COC(=O)CC(C)C)c3c(C)coc13)C(C)CC=C2. The molecule has 0 spiro atoms. The van der Waals surface area contributed by atoms with Crippen molar-refractivity contribution in [2.24, 2.45) is 5.92 Å². The topological polar surface area (TPSA) is 48.7 Å². The van der Waals surface area contributed by atoms with Crippen molar-refractivity contribution < 1.29 is 18.7 Å². The number of rotatable bonds is 5. The van der Waals surface area contributed by atoms with Gasteiger partial charge in [0, 0.05) is 22.9 Å². The molecule has 0 N–H and O–H groups in total. The molecule has 1 aromatic heterocycles. The number of fused-ring (bicyclic) bond motifs is 2. The summed E-state index contributed by atoms with van der Waals surface area (Å²) in [6, 6.07) is 0. The molecule has 0 amide bonds. The van der Waals surface area contributed by atoms with Crippen molar-refractivity contribution in [3.05, 3.63) is 34.6 Å². The Labute approximate surface area is 148 Å². The number of carbonyl (C=O) groups is 1. The molecule has 1 aliphatic carbocycles. The van der Waals surface area contributed by atoms with Gasteiger partial charge in [0.2, 0.25) is 0 Å². The Morgan fingerprint density at radius 3 is 2.84 bits per heavy atom. The van der Waals surface area contributed by atoms with Crippen LogP contribution in [0.1, 0.15) is 61.8 Å². The molecular weight excluding hydrogens is 316 g/mol. The molecule has 4 heteroatoms. The molecule has 0 radical (unpaired) electrons. The van der Waals surface area contributed by atoms with Crippen LogP contribution < -0.4 is 4.74 Å². The summed E-state index contributed by atoms with van der Waals surface area (Å²) in [5.41, 5.74) is 5.05. The first-order chi connectivity index (χ1) is 11.9. The lowest BCUT2D eigenvalue weighted by Crippen LogP contribution is -2.12. The van der Waals surface area contributed by atoms with Gasteiger partial charge in [0.1, 0.15) is 6.61 Å². The normalized spacial score (nSPS) is 16.3. The van der Waals surface area contributed by atoms with E-state index in [9.17, 15) is 4.79 Å². The van der Waals surface area contributed by atoms with Crippen LogP contribution in [0.15, 0.2) is 16.8 Å². The molecule has 0 saturated carbocycles.